The van der Waals surface area contributed by atoms with Crippen molar-refractivity contribution < 1.29 is 19.4 Å². The normalized spacial score (nSPS) is 10.5. The molecule has 166 valence electrons. The van der Waals surface area contributed by atoms with Crippen LogP contribution in [0.25, 0.3) is 11.4 Å². The van der Waals surface area contributed by atoms with Crippen LogP contribution in [0.2, 0.25) is 10.0 Å². The fourth-order valence-corrected chi connectivity index (χ4v) is 3.33. The number of carbonyl (C=O) groups is 1. The first-order valence-corrected chi connectivity index (χ1v) is 10.3. The van der Waals surface area contributed by atoms with Gasteiger partial charge in [0.15, 0.2) is 11.6 Å². The Hall–Kier alpha value is -3.88. The van der Waals surface area contributed by atoms with Gasteiger partial charge in [0.1, 0.15) is 5.75 Å². The van der Waals surface area contributed by atoms with Gasteiger partial charge < -0.3 is 19.9 Å². The number of aromatic nitrogens is 3. The lowest BCUT2D eigenvalue weighted by molar-refractivity contribution is 0.0697. The van der Waals surface area contributed by atoms with E-state index < -0.39 is 5.97 Å². The summed E-state index contributed by atoms with van der Waals surface area (Å²) in [6.07, 6.45) is 0. The second-order valence-corrected chi connectivity index (χ2v) is 7.47. The lowest BCUT2D eigenvalue weighted by Gasteiger charge is -2.12. The van der Waals surface area contributed by atoms with Crippen LogP contribution in [0, 0.1) is 0 Å². The maximum atomic E-state index is 11.3. The lowest BCUT2D eigenvalue weighted by atomic mass is 10.2. The molecule has 1 aromatic heterocycles. The molecule has 2 N–H and O–H groups in total. The molecule has 0 aliphatic rings. The van der Waals surface area contributed by atoms with Gasteiger partial charge in [-0.25, -0.2) is 4.79 Å². The molecule has 0 aliphatic heterocycles. The maximum Gasteiger partial charge on any atom is 0.335 e. The third kappa shape index (κ3) is 5.31. The first kappa shape index (κ1) is 22.3. The molecule has 0 aliphatic carbocycles. The Morgan fingerprint density at radius 1 is 0.939 bits per heavy atom. The number of ether oxygens (including phenoxy) is 2. The largest absolute Gasteiger partial charge is 0.497 e. The van der Waals surface area contributed by atoms with E-state index in [9.17, 15) is 9.90 Å². The minimum Gasteiger partial charge on any atom is -0.497 e. The van der Waals surface area contributed by atoms with Crippen molar-refractivity contribution in [2.24, 2.45) is 0 Å². The molecule has 0 spiro atoms. The highest BCUT2D eigenvalue weighted by molar-refractivity contribution is 6.37. The summed E-state index contributed by atoms with van der Waals surface area (Å²) >= 11 is 12.4. The Kier molecular flexibility index (Phi) is 6.58. The average molecular weight is 483 g/mol. The van der Waals surface area contributed by atoms with Gasteiger partial charge in [-0.05, 0) is 54.6 Å². The number of nitrogens with one attached hydrogen (secondary N) is 1. The number of carboxylic acids is 1. The minimum atomic E-state index is -1.05. The Bertz CT molecular complexity index is 1300. The maximum absolute atomic E-state index is 11.3. The number of para-hydroxylation sites is 1. The van der Waals surface area contributed by atoms with E-state index in [0.717, 1.165) is 0 Å². The Morgan fingerprint density at radius 3 is 2.30 bits per heavy atom. The van der Waals surface area contributed by atoms with Crippen molar-refractivity contribution in [2.75, 3.05) is 12.4 Å². The average Bonchev–Trinajstić information content (AvgIpc) is 2.81. The Labute approximate surface area is 198 Å². The van der Waals surface area contributed by atoms with E-state index >= 15 is 0 Å². The number of nitrogens with zero attached hydrogens (tertiary/aromatic N) is 3. The van der Waals surface area contributed by atoms with Crippen molar-refractivity contribution in [1.29, 1.82) is 0 Å². The first-order valence-electron chi connectivity index (χ1n) is 9.55. The van der Waals surface area contributed by atoms with Crippen LogP contribution >= 0.6 is 23.2 Å². The molecule has 4 rings (SSSR count). The number of hydrogen-bond donors (Lipinski definition) is 2. The molecule has 0 atom stereocenters. The molecule has 0 radical (unpaired) electrons. The van der Waals surface area contributed by atoms with E-state index in [1.807, 2.05) is 0 Å². The molecule has 0 unspecified atom stereocenters. The van der Waals surface area contributed by atoms with Gasteiger partial charge in [0.2, 0.25) is 5.95 Å². The van der Waals surface area contributed by atoms with Crippen LogP contribution in [-0.2, 0) is 0 Å². The van der Waals surface area contributed by atoms with Crippen LogP contribution in [-0.4, -0.2) is 33.1 Å². The summed E-state index contributed by atoms with van der Waals surface area (Å²) < 4.78 is 11.0. The molecule has 1 heterocycles. The predicted octanol–water partition coefficient (Wildman–Crippen LogP) is 6.09. The lowest BCUT2D eigenvalue weighted by Crippen LogP contribution is -2.04. The molecule has 8 nitrogen and oxygen atoms in total. The number of hydrogen-bond acceptors (Lipinski definition) is 7. The van der Waals surface area contributed by atoms with Gasteiger partial charge in [0, 0.05) is 11.3 Å². The van der Waals surface area contributed by atoms with Gasteiger partial charge in [-0.1, -0.05) is 35.3 Å². The van der Waals surface area contributed by atoms with Crippen LogP contribution in [0.1, 0.15) is 10.4 Å². The first-order chi connectivity index (χ1) is 15.9. The van der Waals surface area contributed by atoms with E-state index in [0.29, 0.717) is 22.8 Å². The standard InChI is InChI=1S/C23H16Cl2N4O4/c1-32-16-10-8-13(9-11-16)20-27-22(26-15-5-2-4-14(12-15)21(30)31)29-23(28-20)33-19-17(24)6-3-7-18(19)25/h2-12H,1H3,(H,30,31)(H,26,27,28,29). The monoisotopic (exact) mass is 482 g/mol. The third-order valence-electron chi connectivity index (χ3n) is 4.44. The molecule has 33 heavy (non-hydrogen) atoms. The fourth-order valence-electron chi connectivity index (χ4n) is 2.86. The summed E-state index contributed by atoms with van der Waals surface area (Å²) in [6.45, 7) is 0. The highest BCUT2D eigenvalue weighted by Gasteiger charge is 2.15. The molecular formula is C23H16Cl2N4O4. The van der Waals surface area contributed by atoms with E-state index in [1.54, 1.807) is 61.7 Å². The van der Waals surface area contributed by atoms with Gasteiger partial charge in [0.05, 0.1) is 22.7 Å². The Balaban J connectivity index is 1.75. The SMILES string of the molecule is COc1ccc(-c2nc(Nc3cccc(C(=O)O)c3)nc(Oc3c(Cl)cccc3Cl)n2)cc1. The van der Waals surface area contributed by atoms with Crippen LogP contribution in [0.5, 0.6) is 17.5 Å². The molecule has 10 heteroatoms. The molecule has 3 aromatic carbocycles. The van der Waals surface area contributed by atoms with Crippen LogP contribution in [0.4, 0.5) is 11.6 Å². The summed E-state index contributed by atoms with van der Waals surface area (Å²) in [6, 6.07) is 18.3. The zero-order valence-corrected chi connectivity index (χ0v) is 18.6. The number of methoxy groups -OCH3 is 1. The van der Waals surface area contributed by atoms with Crippen LogP contribution < -0.4 is 14.8 Å². The smallest absolute Gasteiger partial charge is 0.335 e. The number of anilines is 2. The van der Waals surface area contributed by atoms with Crippen molar-refractivity contribution in [2.45, 2.75) is 0 Å². The number of benzene rings is 3. The van der Waals surface area contributed by atoms with E-state index in [4.69, 9.17) is 32.7 Å². The second kappa shape index (κ2) is 9.72. The number of rotatable bonds is 7. The summed E-state index contributed by atoms with van der Waals surface area (Å²) in [5.41, 5.74) is 1.27. The second-order valence-electron chi connectivity index (χ2n) is 6.66. The third-order valence-corrected chi connectivity index (χ3v) is 5.04. The summed E-state index contributed by atoms with van der Waals surface area (Å²) in [5.74, 6) is 0.271. The Morgan fingerprint density at radius 2 is 1.64 bits per heavy atom. The van der Waals surface area contributed by atoms with Gasteiger partial charge in [0.25, 0.3) is 0 Å². The van der Waals surface area contributed by atoms with Crippen LogP contribution in [0.15, 0.2) is 66.7 Å². The minimum absolute atomic E-state index is 0.0530. The van der Waals surface area contributed by atoms with Crippen molar-refractivity contribution in [3.8, 4) is 28.9 Å². The molecule has 0 saturated carbocycles. The highest BCUT2D eigenvalue weighted by atomic mass is 35.5. The van der Waals surface area contributed by atoms with Gasteiger partial charge in [-0.15, -0.1) is 0 Å². The molecule has 0 amide bonds. The van der Waals surface area contributed by atoms with Gasteiger partial charge >= 0.3 is 12.0 Å². The molecule has 0 fully saturated rings. The molecule has 0 bridgehead atoms. The van der Waals surface area contributed by atoms with Gasteiger partial charge in [-0.2, -0.15) is 15.0 Å². The zero-order valence-electron chi connectivity index (χ0n) is 17.1. The van der Waals surface area contributed by atoms with Gasteiger partial charge in [-0.3, -0.25) is 0 Å². The zero-order chi connectivity index (χ0) is 23.4. The molecular weight excluding hydrogens is 467 g/mol. The van der Waals surface area contributed by atoms with Crippen molar-refractivity contribution >= 4 is 40.8 Å². The van der Waals surface area contributed by atoms with Crippen LogP contribution in [0.3, 0.4) is 0 Å². The summed E-state index contributed by atoms with van der Waals surface area (Å²) in [4.78, 5) is 24.4. The molecule has 4 aromatic rings. The van der Waals surface area contributed by atoms with E-state index in [2.05, 4.69) is 20.3 Å². The predicted molar refractivity (Wildman–Crippen MR) is 125 cm³/mol. The summed E-state index contributed by atoms with van der Waals surface area (Å²) in [5, 5.41) is 12.8. The summed E-state index contributed by atoms with van der Waals surface area (Å²) in [7, 11) is 1.57. The topological polar surface area (TPSA) is 106 Å². The van der Waals surface area contributed by atoms with Crippen molar-refractivity contribution in [3.63, 3.8) is 0 Å². The van der Waals surface area contributed by atoms with E-state index in [1.165, 1.54) is 12.1 Å². The quantitative estimate of drug-likeness (QED) is 0.325. The van der Waals surface area contributed by atoms with E-state index in [-0.39, 0.29) is 33.3 Å². The van der Waals surface area contributed by atoms with Crippen molar-refractivity contribution in [1.82, 2.24) is 15.0 Å². The fraction of sp³-hybridized carbons (Fsp3) is 0.0435. The number of carboxylic acid groups (broad SMARTS) is 1. The van der Waals surface area contributed by atoms with Crippen molar-refractivity contribution in [3.05, 3.63) is 82.3 Å². The number of halogens is 2. The number of aromatic carboxylic acids is 1. The molecule has 0 saturated heterocycles. The highest BCUT2D eigenvalue weighted by Crippen LogP contribution is 2.35.